The van der Waals surface area contributed by atoms with Gasteiger partial charge >= 0.3 is 0 Å². The third kappa shape index (κ3) is 3.42. The molecule has 0 radical (unpaired) electrons. The van der Waals surface area contributed by atoms with Gasteiger partial charge in [-0.25, -0.2) is 8.42 Å². The van der Waals surface area contributed by atoms with Gasteiger partial charge in [0.1, 0.15) is 5.69 Å². The van der Waals surface area contributed by atoms with Crippen LogP contribution in [0.4, 0.5) is 11.4 Å². The molecule has 1 amide bonds. The second kappa shape index (κ2) is 7.21. The first-order valence-electron chi connectivity index (χ1n) is 9.09. The fourth-order valence-corrected chi connectivity index (χ4v) is 5.27. The number of nitrogens with one attached hydrogen (secondary N) is 2. The van der Waals surface area contributed by atoms with Gasteiger partial charge in [0, 0.05) is 17.8 Å². The van der Waals surface area contributed by atoms with Crippen LogP contribution < -0.4 is 15.2 Å². The zero-order valence-corrected chi connectivity index (χ0v) is 16.4. The van der Waals surface area contributed by atoms with Crippen molar-refractivity contribution in [3.05, 3.63) is 88.3 Å². The Bertz CT molecular complexity index is 1250. The monoisotopic (exact) mass is 409 g/mol. The standard InChI is InChI=1S/C21H19N3O4S/c1-14-12-15-6-2-3-10-19(15)24(14)29(27,28)17-8-4-7-16(13-17)20(25)23-18-9-5-11-22-21(18)26/h2-11,13-14H,12H2,1H3,(H,22,26)(H,23,25)/t14-/m0/s1. The SMILES string of the molecule is C[C@H]1Cc2ccccc2N1S(=O)(=O)c1cccc(C(=O)Nc2ccc[nH]c2=O)c1. The molecule has 0 unspecified atom stereocenters. The Morgan fingerprint density at radius 2 is 1.90 bits per heavy atom. The Balaban J connectivity index is 1.67. The van der Waals surface area contributed by atoms with Gasteiger partial charge in [-0.05, 0) is 55.3 Å². The number of carbonyl (C=O) groups is 1. The molecule has 4 rings (SSSR count). The van der Waals surface area contributed by atoms with Crippen molar-refractivity contribution in [1.82, 2.24) is 4.98 Å². The molecule has 0 fully saturated rings. The lowest BCUT2D eigenvalue weighted by atomic mass is 10.1. The van der Waals surface area contributed by atoms with E-state index in [0.29, 0.717) is 12.1 Å². The number of sulfonamides is 1. The minimum Gasteiger partial charge on any atom is -0.327 e. The summed E-state index contributed by atoms with van der Waals surface area (Å²) in [4.78, 5) is 26.8. The zero-order valence-electron chi connectivity index (χ0n) is 15.6. The average molecular weight is 409 g/mol. The van der Waals surface area contributed by atoms with E-state index >= 15 is 0 Å². The maximum atomic E-state index is 13.3. The van der Waals surface area contributed by atoms with Crippen molar-refractivity contribution in [2.75, 3.05) is 9.62 Å². The number of aromatic nitrogens is 1. The number of aromatic amines is 1. The van der Waals surface area contributed by atoms with E-state index in [1.807, 2.05) is 19.1 Å². The molecule has 8 heteroatoms. The summed E-state index contributed by atoms with van der Waals surface area (Å²) in [5.74, 6) is -0.561. The van der Waals surface area contributed by atoms with Crippen LogP contribution in [0.25, 0.3) is 0 Å². The number of hydrogen-bond donors (Lipinski definition) is 2. The first-order chi connectivity index (χ1) is 13.9. The number of para-hydroxylation sites is 1. The van der Waals surface area contributed by atoms with Crippen LogP contribution in [0, 0.1) is 0 Å². The van der Waals surface area contributed by atoms with E-state index in [1.165, 1.54) is 40.8 Å². The summed E-state index contributed by atoms with van der Waals surface area (Å²) in [5.41, 5.74) is 1.43. The molecule has 1 aliphatic rings. The van der Waals surface area contributed by atoms with Gasteiger partial charge in [-0.2, -0.15) is 0 Å². The van der Waals surface area contributed by atoms with Crippen LogP contribution in [0.3, 0.4) is 0 Å². The fourth-order valence-electron chi connectivity index (χ4n) is 3.53. The molecule has 1 aliphatic heterocycles. The first-order valence-corrected chi connectivity index (χ1v) is 10.5. The number of H-pyrrole nitrogens is 1. The van der Waals surface area contributed by atoms with Gasteiger partial charge in [0.05, 0.1) is 10.6 Å². The van der Waals surface area contributed by atoms with E-state index < -0.39 is 21.5 Å². The molecule has 0 aliphatic carbocycles. The highest BCUT2D eigenvalue weighted by Crippen LogP contribution is 2.36. The lowest BCUT2D eigenvalue weighted by molar-refractivity contribution is 0.102. The van der Waals surface area contributed by atoms with Gasteiger partial charge < -0.3 is 10.3 Å². The lowest BCUT2D eigenvalue weighted by Gasteiger charge is -2.24. The Labute approximate surface area is 168 Å². The molecule has 1 aromatic heterocycles. The molecule has 0 spiro atoms. The number of hydrogen-bond acceptors (Lipinski definition) is 4. The normalized spacial score (nSPS) is 15.8. The van der Waals surface area contributed by atoms with Crippen molar-refractivity contribution < 1.29 is 13.2 Å². The molecule has 3 aromatic rings. The lowest BCUT2D eigenvalue weighted by Crippen LogP contribution is -2.35. The van der Waals surface area contributed by atoms with Crippen molar-refractivity contribution in [1.29, 1.82) is 0 Å². The van der Waals surface area contributed by atoms with Crippen molar-refractivity contribution in [3.63, 3.8) is 0 Å². The Kier molecular flexibility index (Phi) is 4.71. The first kappa shape index (κ1) is 18.9. The van der Waals surface area contributed by atoms with Gasteiger partial charge in [-0.1, -0.05) is 24.3 Å². The van der Waals surface area contributed by atoms with Crippen LogP contribution in [-0.4, -0.2) is 25.4 Å². The highest BCUT2D eigenvalue weighted by molar-refractivity contribution is 7.92. The van der Waals surface area contributed by atoms with Crippen molar-refractivity contribution in [2.24, 2.45) is 0 Å². The summed E-state index contributed by atoms with van der Waals surface area (Å²) in [6.45, 7) is 1.86. The van der Waals surface area contributed by atoms with E-state index in [9.17, 15) is 18.0 Å². The summed E-state index contributed by atoms with van der Waals surface area (Å²) in [6.07, 6.45) is 2.09. The van der Waals surface area contributed by atoms with Gasteiger partial charge in [0.2, 0.25) is 0 Å². The number of amides is 1. The summed E-state index contributed by atoms with van der Waals surface area (Å²) in [6, 6.07) is 16.1. The predicted octanol–water partition coefficient (Wildman–Crippen LogP) is 2.77. The van der Waals surface area contributed by atoms with E-state index in [4.69, 9.17) is 0 Å². The van der Waals surface area contributed by atoms with Gasteiger partial charge in [-0.15, -0.1) is 0 Å². The van der Waals surface area contributed by atoms with Crippen LogP contribution in [0.5, 0.6) is 0 Å². The molecule has 29 heavy (non-hydrogen) atoms. The maximum absolute atomic E-state index is 13.3. The average Bonchev–Trinajstić information content (AvgIpc) is 3.06. The molecular formula is C21H19N3O4S. The Morgan fingerprint density at radius 3 is 2.69 bits per heavy atom. The minimum atomic E-state index is -3.85. The van der Waals surface area contributed by atoms with E-state index in [1.54, 1.807) is 18.2 Å². The number of benzene rings is 2. The second-order valence-corrected chi connectivity index (χ2v) is 8.69. The molecule has 0 saturated heterocycles. The predicted molar refractivity (Wildman–Crippen MR) is 111 cm³/mol. The van der Waals surface area contributed by atoms with Crippen LogP contribution in [0.2, 0.25) is 0 Å². The number of fused-ring (bicyclic) bond motifs is 1. The number of nitrogens with zero attached hydrogens (tertiary/aromatic N) is 1. The molecule has 7 nitrogen and oxygen atoms in total. The third-order valence-corrected chi connectivity index (χ3v) is 6.79. The fraction of sp³-hybridized carbons (Fsp3) is 0.143. The molecule has 0 saturated carbocycles. The van der Waals surface area contributed by atoms with Crippen molar-refractivity contribution in [2.45, 2.75) is 24.3 Å². The van der Waals surface area contributed by atoms with Crippen LogP contribution >= 0.6 is 0 Å². The molecular weight excluding hydrogens is 390 g/mol. The number of anilines is 2. The largest absolute Gasteiger partial charge is 0.327 e. The molecule has 2 heterocycles. The van der Waals surface area contributed by atoms with Crippen molar-refractivity contribution in [3.8, 4) is 0 Å². The maximum Gasteiger partial charge on any atom is 0.271 e. The number of carbonyl (C=O) groups excluding carboxylic acids is 1. The van der Waals surface area contributed by atoms with Crippen LogP contribution in [0.1, 0.15) is 22.8 Å². The topological polar surface area (TPSA) is 99.3 Å². The highest BCUT2D eigenvalue weighted by atomic mass is 32.2. The van der Waals surface area contributed by atoms with E-state index in [2.05, 4.69) is 10.3 Å². The van der Waals surface area contributed by atoms with Gasteiger partial charge in [0.15, 0.2) is 0 Å². The third-order valence-electron chi connectivity index (χ3n) is 4.86. The van der Waals surface area contributed by atoms with Crippen LogP contribution in [-0.2, 0) is 16.4 Å². The summed E-state index contributed by atoms with van der Waals surface area (Å²) in [5, 5.41) is 2.51. The summed E-state index contributed by atoms with van der Waals surface area (Å²) < 4.78 is 28.1. The van der Waals surface area contributed by atoms with Crippen LogP contribution in [0.15, 0.2) is 76.6 Å². The molecule has 1 atom stereocenters. The minimum absolute atomic E-state index is 0.0238. The zero-order chi connectivity index (χ0) is 20.6. The Morgan fingerprint density at radius 1 is 1.10 bits per heavy atom. The van der Waals surface area contributed by atoms with Crippen molar-refractivity contribution >= 4 is 27.3 Å². The molecule has 2 N–H and O–H groups in total. The van der Waals surface area contributed by atoms with E-state index in [-0.39, 0.29) is 22.2 Å². The number of rotatable bonds is 4. The molecule has 2 aromatic carbocycles. The van der Waals surface area contributed by atoms with Gasteiger partial charge in [0.25, 0.3) is 21.5 Å². The smallest absolute Gasteiger partial charge is 0.271 e. The summed E-state index contributed by atoms with van der Waals surface area (Å²) in [7, 11) is -3.85. The highest BCUT2D eigenvalue weighted by Gasteiger charge is 2.36. The Hall–Kier alpha value is -3.39. The number of pyridine rings is 1. The summed E-state index contributed by atoms with van der Waals surface area (Å²) >= 11 is 0. The molecule has 0 bridgehead atoms. The second-order valence-electron chi connectivity index (χ2n) is 6.88. The quantitative estimate of drug-likeness (QED) is 0.692. The van der Waals surface area contributed by atoms with Gasteiger partial charge in [-0.3, -0.25) is 13.9 Å². The van der Waals surface area contributed by atoms with E-state index in [0.717, 1.165) is 5.56 Å². The molecule has 148 valence electrons.